The van der Waals surface area contributed by atoms with Crippen molar-refractivity contribution in [1.82, 2.24) is 0 Å². The SMILES string of the molecule is CCCCCc1ccc(C(=O)OC[C@H]2OC(C)(C)O[C@@H]2COC(=O)c2ccc(CCCCC)cc2)cc1. The van der Waals surface area contributed by atoms with Crippen LogP contribution in [0, 0.1) is 0 Å². The van der Waals surface area contributed by atoms with Gasteiger partial charge in [0.05, 0.1) is 11.1 Å². The molecule has 0 aliphatic carbocycles. The lowest BCUT2D eigenvalue weighted by atomic mass is 10.1. The number of rotatable bonds is 14. The zero-order valence-corrected chi connectivity index (χ0v) is 22.8. The van der Waals surface area contributed by atoms with Gasteiger partial charge in [-0.05, 0) is 74.9 Å². The van der Waals surface area contributed by atoms with Gasteiger partial charge in [0.1, 0.15) is 25.4 Å². The monoisotopic (exact) mass is 510 g/mol. The maximum atomic E-state index is 12.6. The van der Waals surface area contributed by atoms with Crippen LogP contribution in [-0.2, 0) is 31.8 Å². The molecule has 0 spiro atoms. The molecule has 1 aliphatic rings. The molecule has 6 nitrogen and oxygen atoms in total. The minimum atomic E-state index is -0.867. The molecule has 2 atom stereocenters. The van der Waals surface area contributed by atoms with Crippen LogP contribution in [0.3, 0.4) is 0 Å². The molecule has 0 bridgehead atoms. The Morgan fingerprint density at radius 1 is 0.676 bits per heavy atom. The molecule has 1 aliphatic heterocycles. The molecule has 202 valence electrons. The zero-order valence-electron chi connectivity index (χ0n) is 22.8. The van der Waals surface area contributed by atoms with Crippen molar-refractivity contribution in [2.24, 2.45) is 0 Å². The summed E-state index contributed by atoms with van der Waals surface area (Å²) in [6.45, 7) is 7.96. The Balaban J connectivity index is 1.49. The zero-order chi connectivity index (χ0) is 26.7. The second-order valence-electron chi connectivity index (χ2n) is 10.2. The Bertz CT molecular complexity index is 900. The van der Waals surface area contributed by atoms with Gasteiger partial charge in [0, 0.05) is 0 Å². The third-order valence-electron chi connectivity index (χ3n) is 6.56. The van der Waals surface area contributed by atoms with E-state index in [9.17, 15) is 9.59 Å². The van der Waals surface area contributed by atoms with Gasteiger partial charge in [-0.15, -0.1) is 0 Å². The fourth-order valence-electron chi connectivity index (χ4n) is 4.45. The summed E-state index contributed by atoms with van der Waals surface area (Å²) in [5, 5.41) is 0. The second kappa shape index (κ2) is 14.3. The Morgan fingerprint density at radius 3 is 1.41 bits per heavy atom. The first kappa shape index (κ1) is 28.9. The first-order valence-corrected chi connectivity index (χ1v) is 13.7. The van der Waals surface area contributed by atoms with Crippen molar-refractivity contribution in [3.8, 4) is 0 Å². The van der Waals surface area contributed by atoms with Gasteiger partial charge in [0.25, 0.3) is 0 Å². The lowest BCUT2D eigenvalue weighted by molar-refractivity contribution is -0.151. The van der Waals surface area contributed by atoms with Gasteiger partial charge < -0.3 is 18.9 Å². The molecule has 0 unspecified atom stereocenters. The highest BCUT2D eigenvalue weighted by Crippen LogP contribution is 2.29. The Hall–Kier alpha value is -2.70. The summed E-state index contributed by atoms with van der Waals surface area (Å²) in [5.74, 6) is -1.69. The van der Waals surface area contributed by atoms with Crippen molar-refractivity contribution in [3.63, 3.8) is 0 Å². The highest BCUT2D eigenvalue weighted by molar-refractivity contribution is 5.90. The second-order valence-corrected chi connectivity index (χ2v) is 10.2. The highest BCUT2D eigenvalue weighted by Gasteiger charge is 2.42. The number of carbonyl (C=O) groups excluding carboxylic acids is 2. The number of benzene rings is 2. The predicted molar refractivity (Wildman–Crippen MR) is 144 cm³/mol. The van der Waals surface area contributed by atoms with E-state index in [2.05, 4.69) is 13.8 Å². The molecular weight excluding hydrogens is 468 g/mol. The largest absolute Gasteiger partial charge is 0.459 e. The number of esters is 2. The van der Waals surface area contributed by atoms with Crippen LogP contribution in [0.1, 0.15) is 98.1 Å². The van der Waals surface area contributed by atoms with Crippen LogP contribution in [0.5, 0.6) is 0 Å². The Labute approximate surface area is 221 Å². The molecule has 37 heavy (non-hydrogen) atoms. The Kier molecular flexibility index (Phi) is 11.2. The van der Waals surface area contributed by atoms with Crippen LogP contribution in [0.25, 0.3) is 0 Å². The summed E-state index contributed by atoms with van der Waals surface area (Å²) in [6.07, 6.45) is 7.99. The molecule has 1 fully saturated rings. The van der Waals surface area contributed by atoms with E-state index in [0.717, 1.165) is 25.7 Å². The number of aryl methyl sites for hydroxylation is 2. The molecule has 1 saturated heterocycles. The standard InChI is InChI=1S/C31H42O6/c1-5-7-9-11-23-13-17-25(18-14-23)29(32)34-21-27-28(37-31(3,4)36-27)22-35-30(33)26-19-15-24(16-20-26)12-10-8-6-2/h13-20,27-28H,5-12,21-22H2,1-4H3/t27-,28-/m1/s1. The molecule has 1 heterocycles. The smallest absolute Gasteiger partial charge is 0.338 e. The van der Waals surface area contributed by atoms with Crippen LogP contribution in [0.4, 0.5) is 0 Å². The number of hydrogen-bond acceptors (Lipinski definition) is 6. The van der Waals surface area contributed by atoms with E-state index in [1.165, 1.54) is 36.8 Å². The van der Waals surface area contributed by atoms with E-state index < -0.39 is 29.9 Å². The lowest BCUT2D eigenvalue weighted by Crippen LogP contribution is -2.33. The average Bonchev–Trinajstić information content (AvgIpc) is 3.20. The maximum absolute atomic E-state index is 12.6. The summed E-state index contributed by atoms with van der Waals surface area (Å²) >= 11 is 0. The Morgan fingerprint density at radius 2 is 1.05 bits per heavy atom. The van der Waals surface area contributed by atoms with Gasteiger partial charge in [-0.25, -0.2) is 9.59 Å². The number of ether oxygens (including phenoxy) is 4. The number of unbranched alkanes of at least 4 members (excludes halogenated alkanes) is 4. The van der Waals surface area contributed by atoms with E-state index in [0.29, 0.717) is 11.1 Å². The molecule has 0 amide bonds. The van der Waals surface area contributed by atoms with Crippen LogP contribution in [-0.4, -0.2) is 43.1 Å². The molecule has 6 heteroatoms. The van der Waals surface area contributed by atoms with E-state index in [4.69, 9.17) is 18.9 Å². The summed E-state index contributed by atoms with van der Waals surface area (Å²) in [4.78, 5) is 25.2. The first-order valence-electron chi connectivity index (χ1n) is 13.7. The average molecular weight is 511 g/mol. The normalized spacial score (nSPS) is 18.5. The summed E-state index contributed by atoms with van der Waals surface area (Å²) in [6, 6.07) is 15.1. The first-order chi connectivity index (χ1) is 17.8. The summed E-state index contributed by atoms with van der Waals surface area (Å²) in [5.41, 5.74) is 3.43. The van der Waals surface area contributed by atoms with Crippen LogP contribution in [0.2, 0.25) is 0 Å². The quantitative estimate of drug-likeness (QED) is 0.208. The van der Waals surface area contributed by atoms with E-state index in [1.807, 2.05) is 24.3 Å². The number of carbonyl (C=O) groups is 2. The van der Waals surface area contributed by atoms with Gasteiger partial charge in [-0.2, -0.15) is 0 Å². The molecule has 2 aromatic rings. The predicted octanol–water partition coefficient (Wildman–Crippen LogP) is 6.69. The number of hydrogen-bond donors (Lipinski definition) is 0. The van der Waals surface area contributed by atoms with Gasteiger partial charge in [-0.1, -0.05) is 63.8 Å². The molecule has 3 rings (SSSR count). The van der Waals surface area contributed by atoms with Crippen molar-refractivity contribution >= 4 is 11.9 Å². The topological polar surface area (TPSA) is 71.1 Å². The van der Waals surface area contributed by atoms with Crippen molar-refractivity contribution in [2.45, 2.75) is 97.1 Å². The van der Waals surface area contributed by atoms with Crippen molar-refractivity contribution in [1.29, 1.82) is 0 Å². The van der Waals surface area contributed by atoms with Crippen molar-refractivity contribution in [3.05, 3.63) is 70.8 Å². The van der Waals surface area contributed by atoms with Gasteiger partial charge in [0.15, 0.2) is 5.79 Å². The minimum absolute atomic E-state index is 0.00912. The van der Waals surface area contributed by atoms with Crippen molar-refractivity contribution in [2.75, 3.05) is 13.2 Å². The minimum Gasteiger partial charge on any atom is -0.459 e. The van der Waals surface area contributed by atoms with Gasteiger partial charge >= 0.3 is 11.9 Å². The third-order valence-corrected chi connectivity index (χ3v) is 6.56. The van der Waals surface area contributed by atoms with Gasteiger partial charge in [-0.3, -0.25) is 0 Å². The molecule has 0 N–H and O–H groups in total. The third kappa shape index (κ3) is 9.28. The molecule has 0 aromatic heterocycles. The molecular formula is C31H42O6. The van der Waals surface area contributed by atoms with Crippen LogP contribution in [0.15, 0.2) is 48.5 Å². The fourth-order valence-corrected chi connectivity index (χ4v) is 4.45. The maximum Gasteiger partial charge on any atom is 0.338 e. The van der Waals surface area contributed by atoms with E-state index in [1.54, 1.807) is 38.1 Å². The summed E-state index contributed by atoms with van der Waals surface area (Å²) in [7, 11) is 0. The summed E-state index contributed by atoms with van der Waals surface area (Å²) < 4.78 is 22.9. The molecule has 0 saturated carbocycles. The van der Waals surface area contributed by atoms with E-state index in [-0.39, 0.29) is 13.2 Å². The van der Waals surface area contributed by atoms with Crippen LogP contribution >= 0.6 is 0 Å². The van der Waals surface area contributed by atoms with E-state index >= 15 is 0 Å². The molecule has 2 aromatic carbocycles. The van der Waals surface area contributed by atoms with Crippen LogP contribution < -0.4 is 0 Å². The lowest BCUT2D eigenvalue weighted by Gasteiger charge is -2.17. The highest BCUT2D eigenvalue weighted by atomic mass is 16.8. The fraction of sp³-hybridized carbons (Fsp3) is 0.548. The molecule has 0 radical (unpaired) electrons. The van der Waals surface area contributed by atoms with Crippen molar-refractivity contribution < 1.29 is 28.5 Å². The van der Waals surface area contributed by atoms with Gasteiger partial charge in [0.2, 0.25) is 0 Å².